The summed E-state index contributed by atoms with van der Waals surface area (Å²) in [5.41, 5.74) is 7.93. The first kappa shape index (κ1) is 28.3. The van der Waals surface area contributed by atoms with Gasteiger partial charge in [-0.1, -0.05) is 94.4 Å². The molecule has 5 aromatic rings. The Morgan fingerprint density at radius 2 is 1.66 bits per heavy atom. The Bertz CT molecular complexity index is 1740. The second kappa shape index (κ2) is 12.1. The van der Waals surface area contributed by atoms with Gasteiger partial charge >= 0.3 is 0 Å². The van der Waals surface area contributed by atoms with Gasteiger partial charge in [0.2, 0.25) is 0 Å². The fourth-order valence-corrected chi connectivity index (χ4v) is 6.29. The summed E-state index contributed by atoms with van der Waals surface area (Å²) in [6, 6.07) is 28.8. The van der Waals surface area contributed by atoms with Crippen LogP contribution in [0, 0.1) is 24.2 Å². The van der Waals surface area contributed by atoms with Crippen LogP contribution in [0.2, 0.25) is 0 Å². The van der Waals surface area contributed by atoms with Gasteiger partial charge in [0.05, 0.1) is 22.3 Å². The number of fused-ring (bicyclic) bond motifs is 1. The standard InChI is InChI=1S/C36H35N3OS/c1-6-23(4)26-15-17-28(18-16-26)34-24(5)41-36(31(34)21-37)39-35(40)30-20-33(38-32-10-8-7-9-29(30)32)27-13-11-25(12-14-27)19-22(2)3/h7-18,20,22-23H,6,19H2,1-5H3,(H,39,40). The largest absolute Gasteiger partial charge is 0.312 e. The van der Waals surface area contributed by atoms with Crippen molar-refractivity contribution >= 4 is 33.1 Å². The summed E-state index contributed by atoms with van der Waals surface area (Å²) in [5.74, 6) is 0.812. The second-order valence-electron chi connectivity index (χ2n) is 11.1. The van der Waals surface area contributed by atoms with Crippen LogP contribution in [0.3, 0.4) is 0 Å². The third-order valence-electron chi connectivity index (χ3n) is 7.66. The Hall–Kier alpha value is -4.27. The number of carbonyl (C=O) groups is 1. The quantitative estimate of drug-likeness (QED) is 0.206. The van der Waals surface area contributed by atoms with Crippen LogP contribution in [0.4, 0.5) is 5.00 Å². The van der Waals surface area contributed by atoms with E-state index in [4.69, 9.17) is 4.98 Å². The Labute approximate surface area is 246 Å². The third kappa shape index (κ3) is 5.94. The summed E-state index contributed by atoms with van der Waals surface area (Å²) in [6.45, 7) is 10.8. The number of rotatable bonds is 8. The van der Waals surface area contributed by atoms with Gasteiger partial charge in [-0.25, -0.2) is 4.98 Å². The molecule has 41 heavy (non-hydrogen) atoms. The van der Waals surface area contributed by atoms with Crippen LogP contribution in [0.5, 0.6) is 0 Å². The first-order chi connectivity index (χ1) is 19.8. The molecular formula is C36H35N3OS. The minimum Gasteiger partial charge on any atom is -0.312 e. The predicted molar refractivity (Wildman–Crippen MR) is 172 cm³/mol. The van der Waals surface area contributed by atoms with E-state index in [1.165, 1.54) is 22.5 Å². The molecule has 0 fully saturated rings. The average Bonchev–Trinajstić information content (AvgIpc) is 3.30. The molecule has 5 heteroatoms. The number of aryl methyl sites for hydroxylation is 1. The molecule has 5 rings (SSSR count). The van der Waals surface area contributed by atoms with E-state index in [9.17, 15) is 10.1 Å². The number of nitriles is 1. The fraction of sp³-hybridized carbons (Fsp3) is 0.250. The van der Waals surface area contributed by atoms with Crippen molar-refractivity contribution in [1.82, 2.24) is 4.98 Å². The van der Waals surface area contributed by atoms with E-state index in [2.05, 4.69) is 87.6 Å². The summed E-state index contributed by atoms with van der Waals surface area (Å²) in [6.07, 6.45) is 2.09. The Balaban J connectivity index is 1.50. The summed E-state index contributed by atoms with van der Waals surface area (Å²) in [7, 11) is 0. The SMILES string of the molecule is CCC(C)c1ccc(-c2c(C)sc(NC(=O)c3cc(-c4ccc(CC(C)C)cc4)nc4ccccc34)c2C#N)cc1. The summed E-state index contributed by atoms with van der Waals surface area (Å²) >= 11 is 1.44. The zero-order chi connectivity index (χ0) is 29.1. The lowest BCUT2D eigenvalue weighted by molar-refractivity contribution is 0.102. The zero-order valence-corrected chi connectivity index (χ0v) is 25.1. The molecule has 0 aliphatic carbocycles. The average molecular weight is 558 g/mol. The maximum atomic E-state index is 13.8. The van der Waals surface area contributed by atoms with Gasteiger partial charge in [-0.05, 0) is 60.4 Å². The number of aromatic nitrogens is 1. The van der Waals surface area contributed by atoms with Gasteiger partial charge in [0.15, 0.2) is 0 Å². The minimum atomic E-state index is -0.252. The number of hydrogen-bond acceptors (Lipinski definition) is 4. The van der Waals surface area contributed by atoms with Crippen LogP contribution in [-0.2, 0) is 6.42 Å². The van der Waals surface area contributed by atoms with Gasteiger partial charge in [0.25, 0.3) is 5.91 Å². The topological polar surface area (TPSA) is 65.8 Å². The van der Waals surface area contributed by atoms with Gasteiger partial charge in [-0.3, -0.25) is 4.79 Å². The van der Waals surface area contributed by atoms with Gasteiger partial charge in [0, 0.05) is 21.4 Å². The molecule has 3 aromatic carbocycles. The van der Waals surface area contributed by atoms with Crippen molar-refractivity contribution in [2.24, 2.45) is 5.92 Å². The molecule has 2 heterocycles. The smallest absolute Gasteiger partial charge is 0.257 e. The first-order valence-electron chi connectivity index (χ1n) is 14.2. The maximum Gasteiger partial charge on any atom is 0.257 e. The molecule has 0 aliphatic heterocycles. The van der Waals surface area contributed by atoms with E-state index < -0.39 is 0 Å². The lowest BCUT2D eigenvalue weighted by Crippen LogP contribution is -2.13. The Morgan fingerprint density at radius 3 is 2.32 bits per heavy atom. The Kier molecular flexibility index (Phi) is 8.33. The molecule has 0 bridgehead atoms. The molecule has 2 aromatic heterocycles. The molecule has 206 valence electrons. The van der Waals surface area contributed by atoms with Crippen LogP contribution in [-0.4, -0.2) is 10.9 Å². The molecule has 1 amide bonds. The van der Waals surface area contributed by atoms with Gasteiger partial charge in [0.1, 0.15) is 11.1 Å². The van der Waals surface area contributed by atoms with Crippen molar-refractivity contribution in [3.05, 3.63) is 106 Å². The molecule has 0 spiro atoms. The highest BCUT2D eigenvalue weighted by Gasteiger charge is 2.21. The molecule has 4 nitrogen and oxygen atoms in total. The highest BCUT2D eigenvalue weighted by Crippen LogP contribution is 2.40. The number of para-hydroxylation sites is 1. The molecule has 1 N–H and O–H groups in total. The number of carbonyl (C=O) groups excluding carboxylic acids is 1. The van der Waals surface area contributed by atoms with E-state index in [1.54, 1.807) is 0 Å². The number of hydrogen-bond donors (Lipinski definition) is 1. The van der Waals surface area contributed by atoms with Crippen molar-refractivity contribution in [2.75, 3.05) is 5.32 Å². The van der Waals surface area contributed by atoms with Crippen LogP contribution < -0.4 is 5.32 Å². The predicted octanol–water partition coefficient (Wildman–Crippen LogP) is 9.77. The van der Waals surface area contributed by atoms with Crippen LogP contribution >= 0.6 is 11.3 Å². The van der Waals surface area contributed by atoms with E-state index in [-0.39, 0.29) is 5.91 Å². The normalized spacial score (nSPS) is 11.9. The lowest BCUT2D eigenvalue weighted by atomic mass is 9.95. The second-order valence-corrected chi connectivity index (χ2v) is 12.3. The summed E-state index contributed by atoms with van der Waals surface area (Å²) < 4.78 is 0. The molecule has 1 atom stereocenters. The molecular weight excluding hydrogens is 522 g/mol. The van der Waals surface area contributed by atoms with E-state index in [0.717, 1.165) is 51.0 Å². The van der Waals surface area contributed by atoms with Crippen molar-refractivity contribution in [1.29, 1.82) is 5.26 Å². The summed E-state index contributed by atoms with van der Waals surface area (Å²) in [4.78, 5) is 19.7. The van der Waals surface area contributed by atoms with Crippen molar-refractivity contribution in [2.45, 2.75) is 53.4 Å². The molecule has 0 saturated carbocycles. The van der Waals surface area contributed by atoms with Crippen LogP contribution in [0.15, 0.2) is 78.9 Å². The maximum absolute atomic E-state index is 13.8. The fourth-order valence-electron chi connectivity index (χ4n) is 5.27. The molecule has 0 saturated heterocycles. The van der Waals surface area contributed by atoms with Gasteiger partial charge < -0.3 is 5.32 Å². The van der Waals surface area contributed by atoms with E-state index >= 15 is 0 Å². The highest BCUT2D eigenvalue weighted by atomic mass is 32.1. The minimum absolute atomic E-state index is 0.252. The van der Waals surface area contributed by atoms with Crippen LogP contribution in [0.1, 0.15) is 72.0 Å². The molecule has 1 unspecified atom stereocenters. The van der Waals surface area contributed by atoms with E-state index in [1.807, 2.05) is 37.3 Å². The van der Waals surface area contributed by atoms with Crippen LogP contribution in [0.25, 0.3) is 33.3 Å². The van der Waals surface area contributed by atoms with Gasteiger partial charge in [-0.2, -0.15) is 5.26 Å². The Morgan fingerprint density at radius 1 is 0.976 bits per heavy atom. The number of thiophene rings is 1. The van der Waals surface area contributed by atoms with E-state index in [0.29, 0.717) is 28.0 Å². The monoisotopic (exact) mass is 557 g/mol. The number of pyridine rings is 1. The number of amides is 1. The van der Waals surface area contributed by atoms with Crippen molar-refractivity contribution in [3.63, 3.8) is 0 Å². The summed E-state index contributed by atoms with van der Waals surface area (Å²) in [5, 5.41) is 14.6. The van der Waals surface area contributed by atoms with Crippen molar-refractivity contribution < 1.29 is 4.79 Å². The van der Waals surface area contributed by atoms with Crippen molar-refractivity contribution in [3.8, 4) is 28.5 Å². The number of nitrogens with one attached hydrogen (secondary N) is 1. The molecule has 0 radical (unpaired) electrons. The number of nitrogens with zero attached hydrogens (tertiary/aromatic N) is 2. The lowest BCUT2D eigenvalue weighted by Gasteiger charge is -2.11. The number of anilines is 1. The highest BCUT2D eigenvalue weighted by molar-refractivity contribution is 7.17. The first-order valence-corrected chi connectivity index (χ1v) is 15.0. The number of benzene rings is 3. The zero-order valence-electron chi connectivity index (χ0n) is 24.3. The third-order valence-corrected chi connectivity index (χ3v) is 8.68. The van der Waals surface area contributed by atoms with Gasteiger partial charge in [-0.15, -0.1) is 11.3 Å². The molecule has 0 aliphatic rings.